The second kappa shape index (κ2) is 5.80. The fourth-order valence-electron chi connectivity index (χ4n) is 3.43. The molecule has 1 aliphatic carbocycles. The molecule has 1 fully saturated rings. The van der Waals surface area contributed by atoms with Crippen LogP contribution in [0.2, 0.25) is 5.02 Å². The quantitative estimate of drug-likeness (QED) is 0.860. The second-order valence-corrected chi connectivity index (χ2v) is 6.53. The summed E-state index contributed by atoms with van der Waals surface area (Å²) in [5.41, 5.74) is 0.129. The average Bonchev–Trinajstić information content (AvgIpc) is 2.33. The summed E-state index contributed by atoms with van der Waals surface area (Å²) in [6.07, 6.45) is 4.62. The molecule has 0 amide bonds. The molecule has 1 saturated carbocycles. The lowest BCUT2D eigenvalue weighted by atomic mass is 9.68. The summed E-state index contributed by atoms with van der Waals surface area (Å²) >= 11 is 5.70. The van der Waals surface area contributed by atoms with Crippen LogP contribution in [-0.4, -0.2) is 10.7 Å². The molecule has 0 aromatic heterocycles. The lowest BCUT2D eigenvalue weighted by Crippen LogP contribution is -2.45. The monoisotopic (exact) mass is 284 g/mol. The number of aliphatic hydroxyl groups is 1. The van der Waals surface area contributed by atoms with Crippen LogP contribution in [0.3, 0.4) is 0 Å². The van der Waals surface area contributed by atoms with Crippen molar-refractivity contribution in [1.82, 2.24) is 0 Å². The van der Waals surface area contributed by atoms with E-state index in [0.717, 1.165) is 24.8 Å². The van der Waals surface area contributed by atoms with Crippen LogP contribution in [0.25, 0.3) is 0 Å². The van der Waals surface area contributed by atoms with Gasteiger partial charge in [0, 0.05) is 6.42 Å². The Kier molecular flexibility index (Phi) is 4.52. The van der Waals surface area contributed by atoms with Crippen LogP contribution >= 0.6 is 11.6 Å². The molecule has 1 aliphatic rings. The van der Waals surface area contributed by atoms with Crippen molar-refractivity contribution >= 4 is 11.6 Å². The average molecular weight is 285 g/mol. The van der Waals surface area contributed by atoms with Gasteiger partial charge in [0.25, 0.3) is 0 Å². The van der Waals surface area contributed by atoms with Crippen LogP contribution in [0.5, 0.6) is 0 Å². The third-order valence-corrected chi connectivity index (χ3v) is 4.67. The third-order valence-electron chi connectivity index (χ3n) is 4.36. The first-order valence-corrected chi connectivity index (χ1v) is 7.46. The summed E-state index contributed by atoms with van der Waals surface area (Å²) < 4.78 is 13.5. The first kappa shape index (κ1) is 14.8. The number of halogens is 2. The number of hydrogen-bond acceptors (Lipinski definition) is 1. The number of benzene rings is 1. The Labute approximate surface area is 119 Å². The van der Waals surface area contributed by atoms with Gasteiger partial charge >= 0.3 is 0 Å². The summed E-state index contributed by atoms with van der Waals surface area (Å²) in [5.74, 6) is 0.335. The topological polar surface area (TPSA) is 20.2 Å². The van der Waals surface area contributed by atoms with Gasteiger partial charge in [0.05, 0.1) is 10.6 Å². The predicted molar refractivity (Wildman–Crippen MR) is 76.9 cm³/mol. The molecule has 1 aromatic rings. The highest BCUT2D eigenvalue weighted by molar-refractivity contribution is 6.30. The molecule has 19 heavy (non-hydrogen) atoms. The minimum absolute atomic E-state index is 0.139. The van der Waals surface area contributed by atoms with Crippen LogP contribution in [0.4, 0.5) is 4.39 Å². The first-order valence-electron chi connectivity index (χ1n) is 7.09. The molecule has 1 N–H and O–H groups in total. The van der Waals surface area contributed by atoms with E-state index in [1.807, 2.05) is 6.07 Å². The lowest BCUT2D eigenvalue weighted by Gasteiger charge is -2.42. The Bertz CT molecular complexity index is 446. The van der Waals surface area contributed by atoms with Gasteiger partial charge in [-0.15, -0.1) is 0 Å². The standard InChI is InChI=1S/C16H22ClFO/c1-11(2)13-5-3-4-8-16(13,19)10-12-6-7-14(17)15(18)9-12/h6-7,9,11,13,19H,3-5,8,10H2,1-2H3. The van der Waals surface area contributed by atoms with Crippen LogP contribution in [0, 0.1) is 17.7 Å². The summed E-state index contributed by atoms with van der Waals surface area (Å²) in [4.78, 5) is 0. The highest BCUT2D eigenvalue weighted by atomic mass is 35.5. The van der Waals surface area contributed by atoms with Crippen LogP contribution in [0.1, 0.15) is 45.1 Å². The largest absolute Gasteiger partial charge is 0.389 e. The second-order valence-electron chi connectivity index (χ2n) is 6.13. The molecule has 1 nitrogen and oxygen atoms in total. The zero-order valence-corrected chi connectivity index (χ0v) is 12.4. The van der Waals surface area contributed by atoms with E-state index in [4.69, 9.17) is 11.6 Å². The van der Waals surface area contributed by atoms with E-state index >= 15 is 0 Å². The van der Waals surface area contributed by atoms with Gasteiger partial charge in [-0.05, 0) is 42.4 Å². The maximum atomic E-state index is 13.5. The van der Waals surface area contributed by atoms with Gasteiger partial charge in [0.1, 0.15) is 5.82 Å². The minimum Gasteiger partial charge on any atom is -0.389 e. The Morgan fingerprint density at radius 1 is 1.42 bits per heavy atom. The predicted octanol–water partition coefficient (Wildman–Crippen LogP) is 4.60. The maximum Gasteiger partial charge on any atom is 0.142 e. The fraction of sp³-hybridized carbons (Fsp3) is 0.625. The molecule has 0 spiro atoms. The molecule has 0 heterocycles. The summed E-state index contributed by atoms with van der Waals surface area (Å²) in [6.45, 7) is 4.31. The first-order chi connectivity index (χ1) is 8.92. The van der Waals surface area contributed by atoms with Gasteiger partial charge in [0.15, 0.2) is 0 Å². The molecule has 0 saturated heterocycles. The molecule has 2 atom stereocenters. The Hall–Kier alpha value is -0.600. The van der Waals surface area contributed by atoms with Crippen LogP contribution in [-0.2, 0) is 6.42 Å². The van der Waals surface area contributed by atoms with E-state index in [-0.39, 0.29) is 5.02 Å². The molecule has 3 heteroatoms. The highest BCUT2D eigenvalue weighted by Crippen LogP contribution is 2.40. The molecular weight excluding hydrogens is 263 g/mol. The molecular formula is C16H22ClFO. The van der Waals surface area contributed by atoms with E-state index < -0.39 is 11.4 Å². The van der Waals surface area contributed by atoms with E-state index in [0.29, 0.717) is 18.3 Å². The van der Waals surface area contributed by atoms with E-state index in [1.54, 1.807) is 6.07 Å². The van der Waals surface area contributed by atoms with Crippen molar-refractivity contribution in [3.05, 3.63) is 34.6 Å². The lowest BCUT2D eigenvalue weighted by molar-refractivity contribution is -0.0653. The fourth-order valence-corrected chi connectivity index (χ4v) is 3.54. The van der Waals surface area contributed by atoms with Crippen LogP contribution < -0.4 is 0 Å². The highest BCUT2D eigenvalue weighted by Gasteiger charge is 2.40. The maximum absolute atomic E-state index is 13.5. The molecule has 0 bridgehead atoms. The molecule has 106 valence electrons. The van der Waals surface area contributed by atoms with Crippen LogP contribution in [0.15, 0.2) is 18.2 Å². The SMILES string of the molecule is CC(C)C1CCCCC1(O)Cc1ccc(Cl)c(F)c1. The van der Waals surface area contributed by atoms with Gasteiger partial charge in [-0.3, -0.25) is 0 Å². The molecule has 0 radical (unpaired) electrons. The molecule has 2 unspecified atom stereocenters. The zero-order valence-electron chi connectivity index (χ0n) is 11.6. The number of rotatable bonds is 3. The minimum atomic E-state index is -0.702. The number of hydrogen-bond donors (Lipinski definition) is 1. The third kappa shape index (κ3) is 3.29. The van der Waals surface area contributed by atoms with Gasteiger partial charge in [-0.25, -0.2) is 4.39 Å². The summed E-state index contributed by atoms with van der Waals surface area (Å²) in [6, 6.07) is 4.84. The van der Waals surface area contributed by atoms with Gasteiger partial charge in [-0.2, -0.15) is 0 Å². The summed E-state index contributed by atoms with van der Waals surface area (Å²) in [5, 5.41) is 11.1. The van der Waals surface area contributed by atoms with Crippen molar-refractivity contribution in [2.45, 2.75) is 51.6 Å². The normalized spacial score (nSPS) is 27.8. The molecule has 0 aliphatic heterocycles. The van der Waals surface area contributed by atoms with Crippen molar-refractivity contribution in [3.63, 3.8) is 0 Å². The van der Waals surface area contributed by atoms with Crippen molar-refractivity contribution in [3.8, 4) is 0 Å². The Morgan fingerprint density at radius 3 is 2.79 bits per heavy atom. The van der Waals surface area contributed by atoms with Crippen molar-refractivity contribution in [2.75, 3.05) is 0 Å². The van der Waals surface area contributed by atoms with Gasteiger partial charge in [-0.1, -0.05) is 44.4 Å². The molecule has 1 aromatic carbocycles. The van der Waals surface area contributed by atoms with E-state index in [1.165, 1.54) is 12.5 Å². The van der Waals surface area contributed by atoms with E-state index in [2.05, 4.69) is 13.8 Å². The van der Waals surface area contributed by atoms with Crippen molar-refractivity contribution in [1.29, 1.82) is 0 Å². The zero-order chi connectivity index (χ0) is 14.0. The van der Waals surface area contributed by atoms with Crippen molar-refractivity contribution in [2.24, 2.45) is 11.8 Å². The smallest absolute Gasteiger partial charge is 0.142 e. The Balaban J connectivity index is 2.20. The summed E-state index contributed by atoms with van der Waals surface area (Å²) in [7, 11) is 0. The van der Waals surface area contributed by atoms with E-state index in [9.17, 15) is 9.50 Å². The van der Waals surface area contributed by atoms with Crippen molar-refractivity contribution < 1.29 is 9.50 Å². The Morgan fingerprint density at radius 2 is 2.16 bits per heavy atom. The molecule has 2 rings (SSSR count). The van der Waals surface area contributed by atoms with Gasteiger partial charge in [0.2, 0.25) is 0 Å². The van der Waals surface area contributed by atoms with Gasteiger partial charge < -0.3 is 5.11 Å².